The first-order valence-corrected chi connectivity index (χ1v) is 8.65. The van der Waals surface area contributed by atoms with E-state index in [0.29, 0.717) is 25.2 Å². The highest BCUT2D eigenvalue weighted by molar-refractivity contribution is 7.98. The van der Waals surface area contributed by atoms with E-state index in [2.05, 4.69) is 18.5 Å². The number of hydrogen-bond acceptors (Lipinski definition) is 4. The van der Waals surface area contributed by atoms with Crippen molar-refractivity contribution in [2.75, 3.05) is 38.8 Å². The van der Waals surface area contributed by atoms with E-state index in [1.165, 1.54) is 0 Å². The number of piperidine rings is 1. The molecular weight excluding hydrogens is 260 g/mol. The molecule has 1 heterocycles. The lowest BCUT2D eigenvalue weighted by Crippen LogP contribution is -2.39. The molecule has 0 aromatic carbocycles. The van der Waals surface area contributed by atoms with Gasteiger partial charge in [0.25, 0.3) is 0 Å². The quantitative estimate of drug-likeness (QED) is 0.739. The number of nitrogens with zero attached hydrogens (tertiary/aromatic N) is 1. The molecule has 19 heavy (non-hydrogen) atoms. The maximum Gasteiger partial charge on any atom is 0.224 e. The van der Waals surface area contributed by atoms with Crippen LogP contribution in [0.2, 0.25) is 0 Å². The normalized spacial score (nSPS) is 18.3. The van der Waals surface area contributed by atoms with Crippen LogP contribution in [0, 0.1) is 0 Å². The number of thioether (sulfide) groups is 1. The Bertz CT molecular complexity index is 258. The molecule has 1 aliphatic heterocycles. The molecule has 1 fully saturated rings. The van der Waals surface area contributed by atoms with Crippen molar-refractivity contribution in [3.05, 3.63) is 0 Å². The Kier molecular flexibility index (Phi) is 8.50. The third-order valence-corrected chi connectivity index (χ3v) is 4.45. The SMILES string of the molecule is CCC(CSC)N(C)C(=O)CCOC1CCNCC1. The lowest BCUT2D eigenvalue weighted by molar-refractivity contribution is -0.133. The van der Waals surface area contributed by atoms with E-state index in [-0.39, 0.29) is 5.91 Å². The molecule has 1 N–H and O–H groups in total. The highest BCUT2D eigenvalue weighted by Gasteiger charge is 2.19. The van der Waals surface area contributed by atoms with Gasteiger partial charge < -0.3 is 15.0 Å². The predicted molar refractivity (Wildman–Crippen MR) is 81.7 cm³/mol. The summed E-state index contributed by atoms with van der Waals surface area (Å²) in [6, 6.07) is 0.349. The lowest BCUT2D eigenvalue weighted by Gasteiger charge is -2.27. The molecule has 0 bridgehead atoms. The Labute approximate surface area is 121 Å². The van der Waals surface area contributed by atoms with Crippen molar-refractivity contribution in [1.29, 1.82) is 0 Å². The number of rotatable bonds is 8. The lowest BCUT2D eigenvalue weighted by atomic mass is 10.1. The number of carbonyl (C=O) groups is 1. The van der Waals surface area contributed by atoms with Crippen LogP contribution >= 0.6 is 11.8 Å². The van der Waals surface area contributed by atoms with Gasteiger partial charge in [0.1, 0.15) is 0 Å². The summed E-state index contributed by atoms with van der Waals surface area (Å²) in [6.07, 6.45) is 6.07. The van der Waals surface area contributed by atoms with Crippen LogP contribution in [0.1, 0.15) is 32.6 Å². The number of amides is 1. The zero-order chi connectivity index (χ0) is 14.1. The Morgan fingerprint density at radius 2 is 2.16 bits per heavy atom. The zero-order valence-corrected chi connectivity index (χ0v) is 13.3. The van der Waals surface area contributed by atoms with Gasteiger partial charge in [0.05, 0.1) is 19.1 Å². The molecule has 0 spiro atoms. The first-order chi connectivity index (χ1) is 9.19. The molecule has 5 heteroatoms. The van der Waals surface area contributed by atoms with Gasteiger partial charge >= 0.3 is 0 Å². The topological polar surface area (TPSA) is 41.6 Å². The largest absolute Gasteiger partial charge is 0.378 e. The van der Waals surface area contributed by atoms with Crippen LogP contribution in [0.25, 0.3) is 0 Å². The average molecular weight is 288 g/mol. The van der Waals surface area contributed by atoms with Crippen LogP contribution in [-0.2, 0) is 9.53 Å². The van der Waals surface area contributed by atoms with E-state index in [1.807, 2.05) is 11.9 Å². The molecule has 0 saturated carbocycles. The second-order valence-electron chi connectivity index (χ2n) is 5.09. The molecule has 112 valence electrons. The van der Waals surface area contributed by atoms with Gasteiger partial charge in [-0.15, -0.1) is 0 Å². The fourth-order valence-electron chi connectivity index (χ4n) is 2.35. The van der Waals surface area contributed by atoms with E-state index in [0.717, 1.165) is 38.1 Å². The van der Waals surface area contributed by atoms with Crippen LogP contribution in [0.5, 0.6) is 0 Å². The average Bonchev–Trinajstić information content (AvgIpc) is 2.45. The summed E-state index contributed by atoms with van der Waals surface area (Å²) in [7, 11) is 1.91. The summed E-state index contributed by atoms with van der Waals surface area (Å²) in [5, 5.41) is 3.31. The number of hydrogen-bond donors (Lipinski definition) is 1. The van der Waals surface area contributed by atoms with Crippen LogP contribution in [0.4, 0.5) is 0 Å². The summed E-state index contributed by atoms with van der Waals surface area (Å²) < 4.78 is 5.78. The second kappa shape index (κ2) is 9.61. The fourth-order valence-corrected chi connectivity index (χ4v) is 3.19. The maximum absolute atomic E-state index is 12.1. The predicted octanol–water partition coefficient (Wildman–Crippen LogP) is 1.75. The second-order valence-corrected chi connectivity index (χ2v) is 6.00. The molecule has 1 unspecified atom stereocenters. The minimum Gasteiger partial charge on any atom is -0.378 e. The molecule has 1 saturated heterocycles. The smallest absolute Gasteiger partial charge is 0.224 e. The van der Waals surface area contributed by atoms with Crippen LogP contribution < -0.4 is 5.32 Å². The third kappa shape index (κ3) is 6.15. The molecule has 1 aliphatic rings. The first kappa shape index (κ1) is 16.8. The van der Waals surface area contributed by atoms with E-state index >= 15 is 0 Å². The Balaban J connectivity index is 2.21. The van der Waals surface area contributed by atoms with Crippen LogP contribution in [-0.4, -0.2) is 61.7 Å². The Morgan fingerprint density at radius 1 is 1.47 bits per heavy atom. The molecule has 1 amide bonds. The van der Waals surface area contributed by atoms with Gasteiger partial charge in [-0.25, -0.2) is 0 Å². The van der Waals surface area contributed by atoms with Gasteiger partial charge in [-0.2, -0.15) is 11.8 Å². The van der Waals surface area contributed by atoms with Gasteiger partial charge in [-0.05, 0) is 38.6 Å². The minimum absolute atomic E-state index is 0.204. The third-order valence-electron chi connectivity index (χ3n) is 3.73. The summed E-state index contributed by atoms with van der Waals surface area (Å²) in [5.74, 6) is 1.21. The minimum atomic E-state index is 0.204. The van der Waals surface area contributed by atoms with Crippen molar-refractivity contribution in [1.82, 2.24) is 10.2 Å². The highest BCUT2D eigenvalue weighted by Crippen LogP contribution is 2.11. The van der Waals surface area contributed by atoms with E-state index < -0.39 is 0 Å². The van der Waals surface area contributed by atoms with E-state index in [4.69, 9.17) is 4.74 Å². The monoisotopic (exact) mass is 288 g/mol. The summed E-state index contributed by atoms with van der Waals surface area (Å²) >= 11 is 1.79. The van der Waals surface area contributed by atoms with Crippen molar-refractivity contribution < 1.29 is 9.53 Å². The maximum atomic E-state index is 12.1. The number of ether oxygens (including phenoxy) is 1. The molecule has 0 radical (unpaired) electrons. The van der Waals surface area contributed by atoms with Crippen molar-refractivity contribution in [2.24, 2.45) is 0 Å². The van der Waals surface area contributed by atoms with Crippen LogP contribution in [0.3, 0.4) is 0 Å². The van der Waals surface area contributed by atoms with Crippen molar-refractivity contribution in [2.45, 2.75) is 44.8 Å². The van der Waals surface area contributed by atoms with Crippen molar-refractivity contribution in [3.63, 3.8) is 0 Å². The molecule has 1 atom stereocenters. The molecule has 0 aliphatic carbocycles. The van der Waals surface area contributed by atoms with E-state index in [9.17, 15) is 4.79 Å². The van der Waals surface area contributed by atoms with Crippen molar-refractivity contribution >= 4 is 17.7 Å². The molecule has 4 nitrogen and oxygen atoms in total. The standard InChI is InChI=1S/C14H28N2O2S/c1-4-12(11-19-3)16(2)14(17)7-10-18-13-5-8-15-9-6-13/h12-13,15H,4-11H2,1-3H3. The Morgan fingerprint density at radius 3 is 2.74 bits per heavy atom. The number of nitrogens with one attached hydrogen (secondary N) is 1. The Hall–Kier alpha value is -0.260. The number of carbonyl (C=O) groups excluding carboxylic acids is 1. The van der Waals surface area contributed by atoms with Gasteiger partial charge in [0, 0.05) is 18.8 Å². The fraction of sp³-hybridized carbons (Fsp3) is 0.929. The van der Waals surface area contributed by atoms with Crippen molar-refractivity contribution in [3.8, 4) is 0 Å². The summed E-state index contributed by atoms with van der Waals surface area (Å²) in [4.78, 5) is 14.0. The summed E-state index contributed by atoms with van der Waals surface area (Å²) in [6.45, 7) is 4.76. The molecular formula is C14H28N2O2S. The molecule has 0 aromatic heterocycles. The van der Waals surface area contributed by atoms with Gasteiger partial charge in [0.15, 0.2) is 0 Å². The van der Waals surface area contributed by atoms with Gasteiger partial charge in [-0.3, -0.25) is 4.79 Å². The van der Waals surface area contributed by atoms with Gasteiger partial charge in [0.2, 0.25) is 5.91 Å². The van der Waals surface area contributed by atoms with E-state index in [1.54, 1.807) is 11.8 Å². The van der Waals surface area contributed by atoms with Gasteiger partial charge in [-0.1, -0.05) is 6.92 Å². The van der Waals surface area contributed by atoms with Crippen LogP contribution in [0.15, 0.2) is 0 Å². The molecule has 0 aromatic rings. The summed E-state index contributed by atoms with van der Waals surface area (Å²) in [5.41, 5.74) is 0. The zero-order valence-electron chi connectivity index (χ0n) is 12.5. The molecule has 1 rings (SSSR count). The highest BCUT2D eigenvalue weighted by atomic mass is 32.2. The first-order valence-electron chi connectivity index (χ1n) is 7.26.